The summed E-state index contributed by atoms with van der Waals surface area (Å²) in [6, 6.07) is 7.34. The van der Waals surface area contributed by atoms with Crippen LogP contribution in [0.3, 0.4) is 0 Å². The van der Waals surface area contributed by atoms with E-state index in [-0.39, 0.29) is 13.2 Å². The van der Waals surface area contributed by atoms with Gasteiger partial charge in [0.05, 0.1) is 13.2 Å². The van der Waals surface area contributed by atoms with Crippen molar-refractivity contribution < 1.29 is 18.1 Å². The first kappa shape index (κ1) is 15.3. The summed E-state index contributed by atoms with van der Waals surface area (Å²) in [5, 5.41) is 0. The molecule has 0 aliphatic rings. The fourth-order valence-electron chi connectivity index (χ4n) is 1.08. The molecule has 18 heavy (non-hydrogen) atoms. The maximum atomic E-state index is 11.9. The maximum Gasteiger partial charge on any atom is 0.538 e. The molecule has 0 radical (unpaired) electrons. The lowest BCUT2D eigenvalue weighted by atomic mass is 10.2. The van der Waals surface area contributed by atoms with Crippen LogP contribution < -0.4 is 0 Å². The molecule has 1 rings (SSSR count). The minimum absolute atomic E-state index is 0.233. The number of phosphoric acid groups is 1. The zero-order valence-corrected chi connectivity index (χ0v) is 12.7. The van der Waals surface area contributed by atoms with Gasteiger partial charge in [-0.1, -0.05) is 15.9 Å². The lowest BCUT2D eigenvalue weighted by Gasteiger charge is -2.12. The molecule has 0 spiro atoms. The van der Waals surface area contributed by atoms with E-state index in [1.54, 1.807) is 13.8 Å². The van der Waals surface area contributed by atoms with Crippen molar-refractivity contribution in [2.75, 3.05) is 13.2 Å². The number of rotatable bonds is 5. The molecule has 0 fully saturated rings. The molecule has 0 saturated carbocycles. The van der Waals surface area contributed by atoms with Crippen LogP contribution in [-0.2, 0) is 18.1 Å². The van der Waals surface area contributed by atoms with Gasteiger partial charge in [-0.15, -0.1) is 0 Å². The Kier molecular flexibility index (Phi) is 6.45. The minimum atomic E-state index is -3.55. The molecule has 0 amide bonds. The molecule has 0 bridgehead atoms. The second kappa shape index (κ2) is 7.60. The topological polar surface area (TPSA) is 44.8 Å². The average molecular weight is 333 g/mol. The highest BCUT2D eigenvalue weighted by Crippen LogP contribution is 2.48. The Labute approximate surface area is 115 Å². The predicted octanol–water partition coefficient (Wildman–Crippen LogP) is 3.96. The van der Waals surface area contributed by atoms with E-state index < -0.39 is 7.82 Å². The van der Waals surface area contributed by atoms with Crippen molar-refractivity contribution in [1.82, 2.24) is 0 Å². The molecule has 6 heteroatoms. The summed E-state index contributed by atoms with van der Waals surface area (Å²) in [4.78, 5) is 0. The van der Waals surface area contributed by atoms with Crippen molar-refractivity contribution in [1.29, 1.82) is 0 Å². The monoisotopic (exact) mass is 332 g/mol. The summed E-state index contributed by atoms with van der Waals surface area (Å²) in [7, 11) is -3.55. The number of hydrogen-bond donors (Lipinski definition) is 0. The Morgan fingerprint density at radius 2 is 1.72 bits per heavy atom. The Hall–Kier alpha value is -0.790. The highest BCUT2D eigenvalue weighted by molar-refractivity contribution is 9.10. The fraction of sp³-hybridized carbons (Fsp3) is 0.333. The molecule has 1 aromatic carbocycles. The Morgan fingerprint density at radius 3 is 2.22 bits per heavy atom. The van der Waals surface area contributed by atoms with Gasteiger partial charge in [0.25, 0.3) is 0 Å². The Balaban J connectivity index is 2.68. The van der Waals surface area contributed by atoms with Gasteiger partial charge >= 0.3 is 7.82 Å². The molecule has 0 aliphatic heterocycles. The van der Waals surface area contributed by atoms with Crippen LogP contribution in [-0.4, -0.2) is 13.2 Å². The summed E-state index contributed by atoms with van der Waals surface area (Å²) < 4.78 is 27.6. The van der Waals surface area contributed by atoms with E-state index in [1.165, 1.54) is 0 Å². The number of halogens is 1. The maximum absolute atomic E-state index is 11.9. The molecule has 0 aromatic heterocycles. The van der Waals surface area contributed by atoms with E-state index >= 15 is 0 Å². The van der Waals surface area contributed by atoms with E-state index in [9.17, 15) is 4.57 Å². The van der Waals surface area contributed by atoms with Gasteiger partial charge in [-0.25, -0.2) is 4.57 Å². The largest absolute Gasteiger partial charge is 0.538 e. The van der Waals surface area contributed by atoms with Crippen LogP contribution in [0.4, 0.5) is 0 Å². The molecule has 4 nitrogen and oxygen atoms in total. The van der Waals surface area contributed by atoms with Crippen molar-refractivity contribution in [2.24, 2.45) is 0 Å². The number of phosphoric ester groups is 1. The molecule has 0 unspecified atom stereocenters. The molecule has 0 saturated heterocycles. The molecule has 1 aromatic rings. The molecule has 98 valence electrons. The van der Waals surface area contributed by atoms with Crippen molar-refractivity contribution in [2.45, 2.75) is 13.8 Å². The summed E-state index contributed by atoms with van der Waals surface area (Å²) >= 11 is 3.32. The summed E-state index contributed by atoms with van der Waals surface area (Å²) in [5.41, 5.74) is 0.748. The highest BCUT2D eigenvalue weighted by Gasteiger charge is 2.25. The van der Waals surface area contributed by atoms with Gasteiger partial charge in [0, 0.05) is 10.0 Å². The quantitative estimate of drug-likeness (QED) is 0.604. The second-order valence-corrected chi connectivity index (χ2v) is 5.62. The van der Waals surface area contributed by atoms with Gasteiger partial charge in [0.1, 0.15) is 6.11 Å². The van der Waals surface area contributed by atoms with Crippen LogP contribution in [0, 0.1) is 12.0 Å². The third-order valence-electron chi connectivity index (χ3n) is 1.77. The minimum Gasteiger partial charge on any atom is -0.350 e. The first-order chi connectivity index (χ1) is 8.59. The van der Waals surface area contributed by atoms with Crippen molar-refractivity contribution in [3.05, 3.63) is 34.3 Å². The van der Waals surface area contributed by atoms with Gasteiger partial charge in [-0.05, 0) is 44.0 Å². The van der Waals surface area contributed by atoms with Crippen molar-refractivity contribution in [3.63, 3.8) is 0 Å². The third kappa shape index (κ3) is 5.24. The first-order valence-electron chi connectivity index (χ1n) is 5.44. The van der Waals surface area contributed by atoms with Crippen LogP contribution >= 0.6 is 23.8 Å². The molecule has 0 atom stereocenters. The fourth-order valence-corrected chi connectivity index (χ4v) is 2.31. The number of benzene rings is 1. The zero-order chi connectivity index (χ0) is 13.4. The first-order valence-corrected chi connectivity index (χ1v) is 7.69. The second-order valence-electron chi connectivity index (χ2n) is 3.11. The predicted molar refractivity (Wildman–Crippen MR) is 73.0 cm³/mol. The molecular formula is C12H14BrO4P. The summed E-state index contributed by atoms with van der Waals surface area (Å²) in [6.07, 6.45) is 2.35. The van der Waals surface area contributed by atoms with Gasteiger partial charge in [-0.2, -0.15) is 0 Å². The molecular weight excluding hydrogens is 319 g/mol. The smallest absolute Gasteiger partial charge is 0.350 e. The van der Waals surface area contributed by atoms with Crippen molar-refractivity contribution >= 4 is 23.8 Å². The van der Waals surface area contributed by atoms with Gasteiger partial charge in [0.15, 0.2) is 0 Å². The highest BCUT2D eigenvalue weighted by atomic mass is 79.9. The van der Waals surface area contributed by atoms with Crippen LogP contribution in [0.1, 0.15) is 19.4 Å². The summed E-state index contributed by atoms with van der Waals surface area (Å²) in [6.45, 7) is 3.88. The average Bonchev–Trinajstić information content (AvgIpc) is 2.32. The van der Waals surface area contributed by atoms with E-state index in [0.29, 0.717) is 0 Å². The van der Waals surface area contributed by atoms with Crippen LogP contribution in [0.15, 0.2) is 28.7 Å². The normalized spacial score (nSPS) is 10.6. The van der Waals surface area contributed by atoms with Crippen LogP contribution in [0.25, 0.3) is 0 Å². The lowest BCUT2D eigenvalue weighted by molar-refractivity contribution is 0.159. The summed E-state index contributed by atoms with van der Waals surface area (Å²) in [5.74, 6) is 2.72. The van der Waals surface area contributed by atoms with E-state index in [2.05, 4.69) is 28.0 Å². The third-order valence-corrected chi connectivity index (χ3v) is 3.76. The van der Waals surface area contributed by atoms with E-state index in [1.807, 2.05) is 24.3 Å². The van der Waals surface area contributed by atoms with Crippen LogP contribution in [0.5, 0.6) is 0 Å². The van der Waals surface area contributed by atoms with Crippen LogP contribution in [0.2, 0.25) is 0 Å². The Bertz CT molecular complexity index is 465. The van der Waals surface area contributed by atoms with E-state index in [4.69, 9.17) is 13.6 Å². The molecule has 0 aliphatic carbocycles. The van der Waals surface area contributed by atoms with E-state index in [0.717, 1.165) is 10.0 Å². The van der Waals surface area contributed by atoms with Gasteiger partial charge in [-0.3, -0.25) is 9.05 Å². The zero-order valence-electron chi connectivity index (χ0n) is 10.2. The SMILES string of the molecule is CCOP(=O)(OC#Cc1ccc(Br)cc1)OCC. The Morgan fingerprint density at radius 1 is 1.17 bits per heavy atom. The lowest BCUT2D eigenvalue weighted by Crippen LogP contribution is -1.96. The molecule has 0 heterocycles. The molecule has 0 N–H and O–H groups in total. The van der Waals surface area contributed by atoms with Gasteiger partial charge in [0.2, 0.25) is 0 Å². The number of hydrogen-bond acceptors (Lipinski definition) is 4. The standard InChI is InChI=1S/C12H14BrO4P/c1-3-15-18(14,16-4-2)17-10-9-11-5-7-12(13)8-6-11/h5-8H,3-4H2,1-2H3. The van der Waals surface area contributed by atoms with Gasteiger partial charge < -0.3 is 4.52 Å². The van der Waals surface area contributed by atoms with Crippen molar-refractivity contribution in [3.8, 4) is 12.0 Å².